The standard InChI is InChI=1S/C28H37Cl2N3O5S/c1-4-24(28(35)31-21-11-7-6-8-12-21)32(18-20-15-16-22(29)23(30)17-20)27(34)19-33(39(3,36)37)25-13-9-10-14-26(25)38-5-2/h9-10,13-17,21,24H,4-8,11-12,18-19H2,1-3H3,(H,31,35). The Morgan fingerprint density at radius 3 is 2.36 bits per heavy atom. The Hall–Kier alpha value is -2.49. The zero-order valence-electron chi connectivity index (χ0n) is 22.7. The number of carbonyl (C=O) groups excluding carboxylic acids is 2. The summed E-state index contributed by atoms with van der Waals surface area (Å²) in [6.45, 7) is 3.50. The molecule has 0 aliphatic heterocycles. The van der Waals surface area contributed by atoms with Gasteiger partial charge in [-0.2, -0.15) is 0 Å². The van der Waals surface area contributed by atoms with Crippen LogP contribution in [0.25, 0.3) is 0 Å². The Labute approximate surface area is 241 Å². The highest BCUT2D eigenvalue weighted by Gasteiger charge is 2.33. The molecule has 0 bridgehead atoms. The molecule has 1 aliphatic rings. The highest BCUT2D eigenvalue weighted by atomic mass is 35.5. The van der Waals surface area contributed by atoms with Gasteiger partial charge >= 0.3 is 0 Å². The molecule has 39 heavy (non-hydrogen) atoms. The second-order valence-electron chi connectivity index (χ2n) is 9.71. The third-order valence-electron chi connectivity index (χ3n) is 6.79. The van der Waals surface area contributed by atoms with E-state index < -0.39 is 28.5 Å². The fourth-order valence-corrected chi connectivity index (χ4v) is 6.01. The Bertz CT molecular complexity index is 1250. The van der Waals surface area contributed by atoms with Crippen LogP contribution in [-0.4, -0.2) is 56.6 Å². The molecule has 11 heteroatoms. The molecule has 1 aliphatic carbocycles. The highest BCUT2D eigenvalue weighted by molar-refractivity contribution is 7.92. The number of amides is 2. The van der Waals surface area contributed by atoms with Crippen molar-refractivity contribution in [3.8, 4) is 5.75 Å². The Kier molecular flexibility index (Phi) is 11.3. The zero-order chi connectivity index (χ0) is 28.6. The molecular formula is C28H37Cl2N3O5S. The van der Waals surface area contributed by atoms with Crippen molar-refractivity contribution in [2.24, 2.45) is 0 Å². The lowest BCUT2D eigenvalue weighted by molar-refractivity contribution is -0.140. The number of halogens is 2. The van der Waals surface area contributed by atoms with Crippen molar-refractivity contribution < 1.29 is 22.7 Å². The molecule has 1 saturated carbocycles. The summed E-state index contributed by atoms with van der Waals surface area (Å²) in [5.74, 6) is -0.432. The molecule has 1 fully saturated rings. The minimum Gasteiger partial charge on any atom is -0.492 e. The van der Waals surface area contributed by atoms with Crippen LogP contribution in [0.3, 0.4) is 0 Å². The summed E-state index contributed by atoms with van der Waals surface area (Å²) >= 11 is 12.3. The summed E-state index contributed by atoms with van der Waals surface area (Å²) in [4.78, 5) is 28.9. The molecule has 1 unspecified atom stereocenters. The number of anilines is 1. The third kappa shape index (κ3) is 8.50. The quantitative estimate of drug-likeness (QED) is 0.352. The summed E-state index contributed by atoms with van der Waals surface area (Å²) in [5.41, 5.74) is 0.923. The van der Waals surface area contributed by atoms with Gasteiger partial charge in [-0.1, -0.05) is 67.6 Å². The zero-order valence-corrected chi connectivity index (χ0v) is 25.0. The van der Waals surface area contributed by atoms with E-state index in [9.17, 15) is 18.0 Å². The number of para-hydroxylation sites is 2. The fourth-order valence-electron chi connectivity index (χ4n) is 4.83. The van der Waals surface area contributed by atoms with Crippen molar-refractivity contribution in [1.29, 1.82) is 0 Å². The van der Waals surface area contributed by atoms with E-state index in [0.717, 1.165) is 42.7 Å². The van der Waals surface area contributed by atoms with Crippen LogP contribution in [0.4, 0.5) is 5.69 Å². The SMILES string of the molecule is CCOc1ccccc1N(CC(=O)N(Cc1ccc(Cl)c(Cl)c1)C(CC)C(=O)NC1CCCCC1)S(C)(=O)=O. The second kappa shape index (κ2) is 14.2. The van der Waals surface area contributed by atoms with Crippen LogP contribution in [0, 0.1) is 0 Å². The summed E-state index contributed by atoms with van der Waals surface area (Å²) in [5, 5.41) is 3.82. The lowest BCUT2D eigenvalue weighted by atomic mass is 9.95. The molecule has 0 aromatic heterocycles. The number of nitrogens with zero attached hydrogens (tertiary/aromatic N) is 2. The number of rotatable bonds is 12. The van der Waals surface area contributed by atoms with E-state index in [-0.39, 0.29) is 24.2 Å². The van der Waals surface area contributed by atoms with E-state index in [0.29, 0.717) is 34.4 Å². The molecule has 0 radical (unpaired) electrons. The molecule has 0 saturated heterocycles. The van der Waals surface area contributed by atoms with Crippen molar-refractivity contribution in [2.45, 2.75) is 71.0 Å². The van der Waals surface area contributed by atoms with Crippen LogP contribution in [-0.2, 0) is 26.2 Å². The van der Waals surface area contributed by atoms with Crippen LogP contribution in [0.5, 0.6) is 5.75 Å². The summed E-state index contributed by atoms with van der Waals surface area (Å²) in [6, 6.07) is 10.9. The summed E-state index contributed by atoms with van der Waals surface area (Å²) in [7, 11) is -3.88. The average Bonchev–Trinajstić information content (AvgIpc) is 2.89. The first kappa shape index (κ1) is 31.0. The topological polar surface area (TPSA) is 96.0 Å². The number of ether oxygens (including phenoxy) is 1. The smallest absolute Gasteiger partial charge is 0.244 e. The molecule has 1 atom stereocenters. The Morgan fingerprint density at radius 1 is 1.05 bits per heavy atom. The van der Waals surface area contributed by atoms with E-state index in [2.05, 4.69) is 5.32 Å². The van der Waals surface area contributed by atoms with E-state index in [4.69, 9.17) is 27.9 Å². The lowest BCUT2D eigenvalue weighted by Gasteiger charge is -2.34. The van der Waals surface area contributed by atoms with Crippen LogP contribution >= 0.6 is 23.2 Å². The van der Waals surface area contributed by atoms with E-state index in [1.165, 1.54) is 4.90 Å². The maximum Gasteiger partial charge on any atom is 0.244 e. The van der Waals surface area contributed by atoms with Crippen molar-refractivity contribution in [2.75, 3.05) is 23.7 Å². The van der Waals surface area contributed by atoms with Gasteiger partial charge in [-0.05, 0) is 56.0 Å². The maximum atomic E-state index is 13.9. The van der Waals surface area contributed by atoms with E-state index in [1.54, 1.807) is 49.4 Å². The van der Waals surface area contributed by atoms with Crippen LogP contribution in [0.1, 0.15) is 57.9 Å². The molecule has 2 aromatic rings. The van der Waals surface area contributed by atoms with Gasteiger partial charge in [0.1, 0.15) is 18.3 Å². The normalized spacial score (nSPS) is 14.9. The number of hydrogen-bond donors (Lipinski definition) is 1. The number of hydrogen-bond acceptors (Lipinski definition) is 5. The molecule has 1 N–H and O–H groups in total. The Morgan fingerprint density at radius 2 is 1.74 bits per heavy atom. The van der Waals surface area contributed by atoms with Gasteiger partial charge in [0, 0.05) is 12.6 Å². The average molecular weight is 599 g/mol. The third-order valence-corrected chi connectivity index (χ3v) is 8.65. The monoisotopic (exact) mass is 597 g/mol. The van der Waals surface area contributed by atoms with Gasteiger partial charge in [-0.3, -0.25) is 13.9 Å². The van der Waals surface area contributed by atoms with Gasteiger partial charge in [0.15, 0.2) is 0 Å². The van der Waals surface area contributed by atoms with Crippen molar-refractivity contribution in [1.82, 2.24) is 10.2 Å². The molecule has 0 spiro atoms. The van der Waals surface area contributed by atoms with Gasteiger partial charge in [0.25, 0.3) is 0 Å². The van der Waals surface area contributed by atoms with E-state index in [1.807, 2.05) is 6.92 Å². The molecule has 8 nitrogen and oxygen atoms in total. The number of nitrogens with one attached hydrogen (secondary N) is 1. The van der Waals surface area contributed by atoms with E-state index >= 15 is 0 Å². The molecule has 0 heterocycles. The van der Waals surface area contributed by atoms with Gasteiger partial charge in [0.2, 0.25) is 21.8 Å². The molecule has 2 aromatic carbocycles. The van der Waals surface area contributed by atoms with Gasteiger partial charge in [0.05, 0.1) is 28.6 Å². The number of sulfonamides is 1. The molecule has 3 rings (SSSR count). The largest absolute Gasteiger partial charge is 0.492 e. The molecular weight excluding hydrogens is 561 g/mol. The van der Waals surface area contributed by atoms with Gasteiger partial charge in [-0.15, -0.1) is 0 Å². The molecule has 214 valence electrons. The van der Waals surface area contributed by atoms with Crippen LogP contribution < -0.4 is 14.4 Å². The van der Waals surface area contributed by atoms with Gasteiger partial charge < -0.3 is 15.0 Å². The predicted molar refractivity (Wildman–Crippen MR) is 156 cm³/mol. The maximum absolute atomic E-state index is 13.9. The second-order valence-corrected chi connectivity index (χ2v) is 12.4. The molecule has 2 amide bonds. The first-order valence-corrected chi connectivity index (χ1v) is 15.9. The lowest BCUT2D eigenvalue weighted by Crippen LogP contribution is -2.54. The van der Waals surface area contributed by atoms with Crippen LogP contribution in [0.15, 0.2) is 42.5 Å². The van der Waals surface area contributed by atoms with Gasteiger partial charge in [-0.25, -0.2) is 8.42 Å². The number of benzene rings is 2. The van der Waals surface area contributed by atoms with Crippen molar-refractivity contribution in [3.05, 3.63) is 58.1 Å². The summed E-state index contributed by atoms with van der Waals surface area (Å²) < 4.78 is 32.5. The number of carbonyl (C=O) groups is 2. The Balaban J connectivity index is 1.96. The minimum atomic E-state index is -3.88. The first-order valence-electron chi connectivity index (χ1n) is 13.3. The fraction of sp³-hybridized carbons (Fsp3) is 0.500. The first-order chi connectivity index (χ1) is 18.5. The summed E-state index contributed by atoms with van der Waals surface area (Å²) in [6.07, 6.45) is 6.44. The highest BCUT2D eigenvalue weighted by Crippen LogP contribution is 2.30. The predicted octanol–water partition coefficient (Wildman–Crippen LogP) is 5.41. The van der Waals surface area contributed by atoms with Crippen molar-refractivity contribution >= 4 is 50.7 Å². The minimum absolute atomic E-state index is 0.0526. The van der Waals surface area contributed by atoms with Crippen molar-refractivity contribution in [3.63, 3.8) is 0 Å². The van der Waals surface area contributed by atoms with Crippen LogP contribution in [0.2, 0.25) is 10.0 Å².